The van der Waals surface area contributed by atoms with E-state index in [1.807, 2.05) is 0 Å². The molecule has 3 nitrogen and oxygen atoms in total. The van der Waals surface area contributed by atoms with Crippen LogP contribution in [0.2, 0.25) is 0 Å². The van der Waals surface area contributed by atoms with E-state index in [1.165, 1.54) is 49.5 Å². The topological polar surface area (TPSA) is 19.6 Å². The van der Waals surface area contributed by atoms with E-state index in [0.29, 0.717) is 0 Å². The van der Waals surface area contributed by atoms with Crippen LogP contribution in [0.15, 0.2) is 320 Å². The van der Waals surface area contributed by atoms with Gasteiger partial charge in [0, 0.05) is 44.0 Å². The molecule has 0 saturated carbocycles. The fourth-order valence-corrected chi connectivity index (χ4v) is 13.0. The third kappa shape index (κ3) is 8.12. The summed E-state index contributed by atoms with van der Waals surface area (Å²) >= 11 is 0. The molecule has 0 amide bonds. The van der Waals surface area contributed by atoms with Crippen molar-refractivity contribution in [3.05, 3.63) is 315 Å². The first-order chi connectivity index (χ1) is 41.2. The standard InChI is InChI=1S/C80H52N2O/c1-4-20-53(21-5-1)56-36-43-61(44-37-56)81(62-45-38-57(39-46-62)54-22-6-2-7-23-54)73-50-49-70(66-30-14-15-31-67(66)73)76-68-32-16-18-34-71(68)79(72-35-19-17-33-69(72)76)82(63-47-40-58(41-48-63)55-24-8-3-9-25-55)74-52-60-27-11-13-29-65(60)78-77-64-28-12-10-26-59(64)42-51-75(77)83-80(74)78/h1-52H. The van der Waals surface area contributed by atoms with Crippen LogP contribution in [0.4, 0.5) is 34.1 Å². The molecular weight excluding hydrogens is 1000 g/mol. The second kappa shape index (κ2) is 20.0. The Labute approximate surface area is 481 Å². The van der Waals surface area contributed by atoms with Gasteiger partial charge in [0.2, 0.25) is 0 Å². The molecule has 16 aromatic rings. The van der Waals surface area contributed by atoms with Gasteiger partial charge in [0.1, 0.15) is 5.58 Å². The largest absolute Gasteiger partial charge is 0.454 e. The van der Waals surface area contributed by atoms with Gasteiger partial charge in [0.25, 0.3) is 0 Å². The highest BCUT2D eigenvalue weighted by Gasteiger charge is 2.28. The number of benzene rings is 15. The fraction of sp³-hybridized carbons (Fsp3) is 0. The third-order valence-corrected chi connectivity index (χ3v) is 16.8. The molecule has 15 aromatic carbocycles. The van der Waals surface area contributed by atoms with Gasteiger partial charge in [-0.2, -0.15) is 0 Å². The Kier molecular flexibility index (Phi) is 11.5. The lowest BCUT2D eigenvalue weighted by Crippen LogP contribution is -2.12. The summed E-state index contributed by atoms with van der Waals surface area (Å²) in [6.45, 7) is 0. The molecule has 0 atom stereocenters. The summed E-state index contributed by atoms with van der Waals surface area (Å²) in [5.74, 6) is 0. The van der Waals surface area contributed by atoms with Crippen LogP contribution < -0.4 is 9.80 Å². The molecule has 0 aliphatic carbocycles. The van der Waals surface area contributed by atoms with Crippen LogP contribution in [0.3, 0.4) is 0 Å². The van der Waals surface area contributed by atoms with Crippen molar-refractivity contribution in [3.63, 3.8) is 0 Å². The highest BCUT2D eigenvalue weighted by molar-refractivity contribution is 6.31. The molecule has 1 heterocycles. The maximum Gasteiger partial charge on any atom is 0.160 e. The summed E-state index contributed by atoms with van der Waals surface area (Å²) in [7, 11) is 0. The molecule has 0 bridgehead atoms. The first kappa shape index (κ1) is 48.0. The molecule has 0 unspecified atom stereocenters. The number of rotatable bonds is 10. The van der Waals surface area contributed by atoms with Gasteiger partial charge in [-0.15, -0.1) is 0 Å². The summed E-state index contributed by atoms with van der Waals surface area (Å²) in [6, 6.07) is 115. The van der Waals surface area contributed by atoms with Crippen molar-refractivity contribution >= 4 is 110 Å². The summed E-state index contributed by atoms with van der Waals surface area (Å²) < 4.78 is 7.28. The molecule has 16 rings (SSSR count). The molecule has 0 N–H and O–H groups in total. The van der Waals surface area contributed by atoms with E-state index in [0.717, 1.165) is 105 Å². The minimum Gasteiger partial charge on any atom is -0.454 e. The molecule has 0 aliphatic rings. The molecule has 0 radical (unpaired) electrons. The fourth-order valence-electron chi connectivity index (χ4n) is 13.0. The Bertz CT molecular complexity index is 4970. The van der Waals surface area contributed by atoms with Gasteiger partial charge in [-0.25, -0.2) is 0 Å². The van der Waals surface area contributed by atoms with E-state index < -0.39 is 0 Å². The highest BCUT2D eigenvalue weighted by atomic mass is 16.3. The molecule has 0 spiro atoms. The molecule has 83 heavy (non-hydrogen) atoms. The number of furan rings is 1. The zero-order chi connectivity index (χ0) is 54.8. The quantitative estimate of drug-likeness (QED) is 0.127. The van der Waals surface area contributed by atoms with Crippen LogP contribution in [-0.4, -0.2) is 0 Å². The van der Waals surface area contributed by atoms with Crippen molar-refractivity contribution < 1.29 is 4.42 Å². The number of fused-ring (bicyclic) bond motifs is 10. The van der Waals surface area contributed by atoms with Gasteiger partial charge in [-0.3, -0.25) is 0 Å². The van der Waals surface area contributed by atoms with Gasteiger partial charge in [-0.1, -0.05) is 261 Å². The first-order valence-electron chi connectivity index (χ1n) is 28.5. The van der Waals surface area contributed by atoms with Crippen molar-refractivity contribution in [2.24, 2.45) is 0 Å². The van der Waals surface area contributed by atoms with Crippen LogP contribution in [0, 0.1) is 0 Å². The SMILES string of the molecule is c1ccc(-c2ccc(N(c3ccc(-c4ccccc4)cc3)c3ccc(-c4c5ccccc5c(N(c5ccc(-c6ccccc6)cc5)c5cc6ccccc6c6c5oc5ccc7ccccc7c56)c5ccccc45)c4ccccc34)cc2)cc1. The lowest BCUT2D eigenvalue weighted by molar-refractivity contribution is 0.669. The van der Waals surface area contributed by atoms with Crippen LogP contribution in [-0.2, 0) is 0 Å². The summed E-state index contributed by atoms with van der Waals surface area (Å²) in [5, 5.41) is 13.8. The molecule has 388 valence electrons. The van der Waals surface area contributed by atoms with Crippen LogP contribution in [0.5, 0.6) is 0 Å². The van der Waals surface area contributed by atoms with E-state index >= 15 is 0 Å². The van der Waals surface area contributed by atoms with Crippen molar-refractivity contribution in [3.8, 4) is 44.5 Å². The molecule has 0 aliphatic heterocycles. The minimum atomic E-state index is 0.843. The molecule has 1 aromatic heterocycles. The Hall–Kier alpha value is -11.0. The van der Waals surface area contributed by atoms with Crippen LogP contribution in [0.1, 0.15) is 0 Å². The van der Waals surface area contributed by atoms with Gasteiger partial charge >= 0.3 is 0 Å². The minimum absolute atomic E-state index is 0.843. The smallest absolute Gasteiger partial charge is 0.160 e. The van der Waals surface area contributed by atoms with Crippen molar-refractivity contribution in [2.75, 3.05) is 9.80 Å². The summed E-state index contributed by atoms with van der Waals surface area (Å²) in [4.78, 5) is 4.90. The van der Waals surface area contributed by atoms with E-state index in [1.54, 1.807) is 0 Å². The van der Waals surface area contributed by atoms with Gasteiger partial charge in [-0.05, 0) is 137 Å². The number of hydrogen-bond acceptors (Lipinski definition) is 3. The van der Waals surface area contributed by atoms with Crippen molar-refractivity contribution in [2.45, 2.75) is 0 Å². The van der Waals surface area contributed by atoms with E-state index in [4.69, 9.17) is 4.42 Å². The predicted octanol–water partition coefficient (Wildman–Crippen LogP) is 23.0. The third-order valence-electron chi connectivity index (χ3n) is 16.8. The second-order valence-corrected chi connectivity index (χ2v) is 21.5. The normalized spacial score (nSPS) is 11.6. The van der Waals surface area contributed by atoms with Gasteiger partial charge in [0.05, 0.1) is 17.1 Å². The lowest BCUT2D eigenvalue weighted by Gasteiger charge is -2.30. The summed E-state index contributed by atoms with van der Waals surface area (Å²) in [6.07, 6.45) is 0. The first-order valence-corrected chi connectivity index (χ1v) is 28.5. The van der Waals surface area contributed by atoms with Crippen LogP contribution >= 0.6 is 0 Å². The Morgan fingerprint density at radius 2 is 0.639 bits per heavy atom. The van der Waals surface area contributed by atoms with Gasteiger partial charge in [0.15, 0.2) is 5.58 Å². The van der Waals surface area contributed by atoms with E-state index in [2.05, 4.69) is 325 Å². The molecule has 0 fully saturated rings. The average Bonchev–Trinajstić information content (AvgIpc) is 2.18. The highest BCUT2D eigenvalue weighted by Crippen LogP contribution is 2.54. The Morgan fingerprint density at radius 1 is 0.241 bits per heavy atom. The predicted molar refractivity (Wildman–Crippen MR) is 352 cm³/mol. The number of nitrogens with zero attached hydrogens (tertiary/aromatic N) is 2. The van der Waals surface area contributed by atoms with E-state index in [9.17, 15) is 0 Å². The van der Waals surface area contributed by atoms with Crippen LogP contribution in [0.25, 0.3) is 120 Å². The number of anilines is 6. The van der Waals surface area contributed by atoms with E-state index in [-0.39, 0.29) is 0 Å². The maximum absolute atomic E-state index is 7.28. The van der Waals surface area contributed by atoms with Crippen molar-refractivity contribution in [1.29, 1.82) is 0 Å². The monoisotopic (exact) mass is 1060 g/mol. The lowest BCUT2D eigenvalue weighted by atomic mass is 9.87. The number of hydrogen-bond donors (Lipinski definition) is 0. The molecular formula is C80H52N2O. The summed E-state index contributed by atoms with van der Waals surface area (Å²) in [5.41, 5.74) is 17.4. The van der Waals surface area contributed by atoms with Gasteiger partial charge < -0.3 is 14.2 Å². The zero-order valence-corrected chi connectivity index (χ0v) is 45.3. The zero-order valence-electron chi connectivity index (χ0n) is 45.3. The maximum atomic E-state index is 7.28. The Balaban J connectivity index is 0.935. The average molecular weight is 1060 g/mol. The molecule has 0 saturated heterocycles. The Morgan fingerprint density at radius 3 is 1.16 bits per heavy atom. The second-order valence-electron chi connectivity index (χ2n) is 21.5. The molecule has 3 heteroatoms. The van der Waals surface area contributed by atoms with Crippen molar-refractivity contribution in [1.82, 2.24) is 0 Å².